The van der Waals surface area contributed by atoms with Crippen molar-refractivity contribution in [2.75, 3.05) is 45.1 Å². The minimum atomic E-state index is -0.320. The van der Waals surface area contributed by atoms with Crippen molar-refractivity contribution in [2.24, 2.45) is 0 Å². The number of aromatic nitrogens is 3. The van der Waals surface area contributed by atoms with E-state index in [9.17, 15) is 0 Å². The lowest BCUT2D eigenvalue weighted by Gasteiger charge is -2.45. The number of nitrogens with two attached hydrogens (primary N) is 1. The first-order valence-electron chi connectivity index (χ1n) is 12.3. The van der Waals surface area contributed by atoms with E-state index in [1.54, 1.807) is 12.1 Å². The molecule has 3 aromatic rings. The number of hydrogen-bond donors (Lipinski definition) is 2. The normalized spacial score (nSPS) is 25.5. The number of fused-ring (bicyclic) bond motifs is 1. The summed E-state index contributed by atoms with van der Waals surface area (Å²) in [6, 6.07) is 5.76. The first kappa shape index (κ1) is 21.8. The van der Waals surface area contributed by atoms with Crippen molar-refractivity contribution in [3.8, 4) is 16.9 Å². The lowest BCUT2D eigenvalue weighted by atomic mass is 9.85. The minimum absolute atomic E-state index is 0.0988. The Morgan fingerprint density at radius 1 is 1.15 bits per heavy atom. The molecule has 1 atom stereocenters. The number of nitrogen functional groups attached to an aromatic ring is 1. The molecule has 9 heteroatoms. The molecule has 1 aromatic carbocycles. The number of nitrogens with one attached hydrogen (secondary N) is 1. The highest BCUT2D eigenvalue weighted by atomic mass is 19.1. The molecule has 0 unspecified atom stereocenters. The van der Waals surface area contributed by atoms with Crippen LogP contribution < -0.4 is 15.8 Å². The fourth-order valence-corrected chi connectivity index (χ4v) is 5.49. The van der Waals surface area contributed by atoms with Crippen LogP contribution in [0.2, 0.25) is 0 Å². The number of anilines is 1. The van der Waals surface area contributed by atoms with Crippen LogP contribution in [0.25, 0.3) is 22.2 Å². The Kier molecular flexibility index (Phi) is 5.84. The van der Waals surface area contributed by atoms with Crippen molar-refractivity contribution >= 4 is 16.9 Å². The lowest BCUT2D eigenvalue weighted by Crippen LogP contribution is -2.53. The van der Waals surface area contributed by atoms with Gasteiger partial charge >= 0.3 is 0 Å². The van der Waals surface area contributed by atoms with Crippen LogP contribution in [0.1, 0.15) is 31.7 Å². The van der Waals surface area contributed by atoms with Gasteiger partial charge < -0.3 is 25.1 Å². The number of piperazine rings is 1. The summed E-state index contributed by atoms with van der Waals surface area (Å²) in [5.74, 6) is 0.659. The first-order chi connectivity index (χ1) is 16.7. The van der Waals surface area contributed by atoms with Crippen molar-refractivity contribution in [2.45, 2.75) is 43.9 Å². The van der Waals surface area contributed by atoms with Crippen LogP contribution >= 0.6 is 0 Å². The van der Waals surface area contributed by atoms with Gasteiger partial charge in [-0.2, -0.15) is 0 Å². The molecule has 3 aliphatic rings. The van der Waals surface area contributed by atoms with E-state index in [1.807, 2.05) is 6.20 Å². The Bertz CT molecular complexity index is 1170. The highest BCUT2D eigenvalue weighted by Gasteiger charge is 2.36. The van der Waals surface area contributed by atoms with E-state index in [1.165, 1.54) is 12.4 Å². The molecule has 2 saturated heterocycles. The SMILES string of the molecule is Nc1ncnc2c1c(-c1cc(OC[C@@H]3CCCO3)ccc1F)cn2[C@H]1C[C@H](N2CCNCC2)C1. The Hall–Kier alpha value is -2.75. The smallest absolute Gasteiger partial charge is 0.146 e. The molecule has 2 aliphatic heterocycles. The molecule has 3 N–H and O–H groups in total. The molecular weight excluding hydrogens is 435 g/mol. The largest absolute Gasteiger partial charge is 0.491 e. The predicted molar refractivity (Wildman–Crippen MR) is 128 cm³/mol. The molecular formula is C25H31FN6O2. The molecule has 3 fully saturated rings. The summed E-state index contributed by atoms with van der Waals surface area (Å²) in [6.45, 7) is 5.52. The molecule has 0 radical (unpaired) electrons. The van der Waals surface area contributed by atoms with Crippen LogP contribution in [0.15, 0.2) is 30.7 Å². The average molecular weight is 467 g/mol. The number of nitrogens with zero attached hydrogens (tertiary/aromatic N) is 4. The number of benzene rings is 1. The Morgan fingerprint density at radius 2 is 2.00 bits per heavy atom. The van der Waals surface area contributed by atoms with Gasteiger partial charge in [0.05, 0.1) is 11.5 Å². The van der Waals surface area contributed by atoms with Crippen LogP contribution in [0.5, 0.6) is 5.75 Å². The van der Waals surface area contributed by atoms with Crippen LogP contribution in [-0.2, 0) is 4.74 Å². The van der Waals surface area contributed by atoms with Crippen molar-refractivity contribution in [3.63, 3.8) is 0 Å². The van der Waals surface area contributed by atoms with E-state index in [2.05, 4.69) is 24.8 Å². The fraction of sp³-hybridized carbons (Fsp3) is 0.520. The van der Waals surface area contributed by atoms with Gasteiger partial charge in [0.15, 0.2) is 0 Å². The summed E-state index contributed by atoms with van der Waals surface area (Å²) in [5.41, 5.74) is 8.21. The van der Waals surface area contributed by atoms with E-state index in [0.29, 0.717) is 46.8 Å². The maximum atomic E-state index is 15.1. The zero-order valence-electron chi connectivity index (χ0n) is 19.3. The zero-order valence-corrected chi connectivity index (χ0v) is 19.3. The molecule has 180 valence electrons. The summed E-state index contributed by atoms with van der Waals surface area (Å²) < 4.78 is 28.8. The van der Waals surface area contributed by atoms with Crippen LogP contribution in [-0.4, -0.2) is 71.0 Å². The third-order valence-corrected chi connectivity index (χ3v) is 7.48. The second-order valence-corrected chi connectivity index (χ2v) is 9.56. The van der Waals surface area contributed by atoms with Gasteiger partial charge in [0.2, 0.25) is 0 Å². The molecule has 34 heavy (non-hydrogen) atoms. The topological polar surface area (TPSA) is 90.5 Å². The highest BCUT2D eigenvalue weighted by molar-refractivity contribution is 6.01. The zero-order chi connectivity index (χ0) is 23.1. The standard InChI is InChI=1S/C25H31FN6O2/c26-22-4-3-18(34-14-19-2-1-9-33-19)12-20(22)21-13-32(25-23(21)24(27)29-15-30-25)17-10-16(11-17)31-7-5-28-6-8-31/h3-4,12-13,15-17,19,28H,1-2,5-11,14H2,(H2,27,29,30)/t16-,17-,19-/m0/s1. The monoisotopic (exact) mass is 466 g/mol. The third-order valence-electron chi connectivity index (χ3n) is 7.48. The molecule has 4 heterocycles. The third kappa shape index (κ3) is 4.01. The van der Waals surface area contributed by atoms with E-state index < -0.39 is 0 Å². The maximum absolute atomic E-state index is 15.1. The second-order valence-electron chi connectivity index (χ2n) is 9.56. The maximum Gasteiger partial charge on any atom is 0.146 e. The molecule has 1 aliphatic carbocycles. The van der Waals surface area contributed by atoms with Gasteiger partial charge in [-0.25, -0.2) is 14.4 Å². The lowest BCUT2D eigenvalue weighted by molar-refractivity contribution is 0.0679. The van der Waals surface area contributed by atoms with E-state index >= 15 is 4.39 Å². The predicted octanol–water partition coefficient (Wildman–Crippen LogP) is 2.99. The summed E-state index contributed by atoms with van der Waals surface area (Å²) in [7, 11) is 0. The summed E-state index contributed by atoms with van der Waals surface area (Å²) in [4.78, 5) is 11.3. The van der Waals surface area contributed by atoms with Crippen molar-refractivity contribution < 1.29 is 13.9 Å². The van der Waals surface area contributed by atoms with Gasteiger partial charge in [0.1, 0.15) is 36.0 Å². The molecule has 2 aromatic heterocycles. The van der Waals surface area contributed by atoms with Crippen molar-refractivity contribution in [1.29, 1.82) is 0 Å². The molecule has 8 nitrogen and oxygen atoms in total. The molecule has 0 amide bonds. The molecule has 6 rings (SSSR count). The summed E-state index contributed by atoms with van der Waals surface area (Å²) >= 11 is 0. The average Bonchev–Trinajstić information content (AvgIpc) is 3.48. The van der Waals surface area contributed by atoms with Gasteiger partial charge in [-0.15, -0.1) is 0 Å². The fourth-order valence-electron chi connectivity index (χ4n) is 5.49. The molecule has 0 bridgehead atoms. The van der Waals surface area contributed by atoms with E-state index in [-0.39, 0.29) is 11.9 Å². The second kappa shape index (κ2) is 9.13. The van der Waals surface area contributed by atoms with E-state index in [4.69, 9.17) is 15.2 Å². The van der Waals surface area contributed by atoms with Gasteiger partial charge in [0, 0.05) is 62.2 Å². The highest BCUT2D eigenvalue weighted by Crippen LogP contribution is 2.42. The van der Waals surface area contributed by atoms with Crippen LogP contribution in [0.3, 0.4) is 0 Å². The van der Waals surface area contributed by atoms with Gasteiger partial charge in [0.25, 0.3) is 0 Å². The molecule has 0 spiro atoms. The molecule has 1 saturated carbocycles. The number of halogens is 1. The first-order valence-corrected chi connectivity index (χ1v) is 12.3. The van der Waals surface area contributed by atoms with Crippen LogP contribution in [0, 0.1) is 5.82 Å². The quantitative estimate of drug-likeness (QED) is 0.577. The van der Waals surface area contributed by atoms with Crippen LogP contribution in [0.4, 0.5) is 10.2 Å². The number of hydrogen-bond acceptors (Lipinski definition) is 7. The minimum Gasteiger partial charge on any atom is -0.491 e. The number of rotatable bonds is 6. The Morgan fingerprint density at radius 3 is 2.79 bits per heavy atom. The van der Waals surface area contributed by atoms with Crippen molar-refractivity contribution in [3.05, 3.63) is 36.5 Å². The Labute approximate surface area is 198 Å². The van der Waals surface area contributed by atoms with Gasteiger partial charge in [-0.1, -0.05) is 0 Å². The van der Waals surface area contributed by atoms with Gasteiger partial charge in [-0.05, 0) is 43.9 Å². The van der Waals surface area contributed by atoms with E-state index in [0.717, 1.165) is 64.1 Å². The van der Waals surface area contributed by atoms with Gasteiger partial charge in [-0.3, -0.25) is 4.90 Å². The Balaban J connectivity index is 1.29. The van der Waals surface area contributed by atoms with Crippen molar-refractivity contribution in [1.82, 2.24) is 24.8 Å². The summed E-state index contributed by atoms with van der Waals surface area (Å²) in [6.07, 6.45) is 7.74. The number of ether oxygens (including phenoxy) is 2. The summed E-state index contributed by atoms with van der Waals surface area (Å²) in [5, 5.41) is 4.11.